The molecule has 0 saturated carbocycles. The summed E-state index contributed by atoms with van der Waals surface area (Å²) in [6, 6.07) is 6.85. The maximum Gasteiger partial charge on any atom is 0.293 e. The normalized spacial score (nSPS) is 37.4. The second kappa shape index (κ2) is 11.2. The van der Waals surface area contributed by atoms with Gasteiger partial charge in [-0.2, -0.15) is 5.10 Å². The van der Waals surface area contributed by atoms with E-state index in [9.17, 15) is 40.5 Å². The zero-order valence-corrected chi connectivity index (χ0v) is 18.7. The summed E-state index contributed by atoms with van der Waals surface area (Å²) in [5.41, 5.74) is 2.94. The molecular weight excluding hydrogens is 484 g/mol. The molecule has 0 bridgehead atoms. The molecule has 1 aromatic heterocycles. The zero-order chi connectivity index (χ0) is 26.0. The number of hydrogen-bond donors (Lipinski definition) is 9. The van der Waals surface area contributed by atoms with Gasteiger partial charge in [-0.25, -0.2) is 4.98 Å². The van der Waals surface area contributed by atoms with E-state index in [1.165, 1.54) is 0 Å². The number of para-hydroxylation sites is 2. The lowest BCUT2D eigenvalue weighted by Gasteiger charge is -2.45. The number of aliphatic hydroxyl groups excluding tert-OH is 7. The largest absolute Gasteiger partial charge is 0.394 e. The second-order valence-electron chi connectivity index (χ2n) is 8.42. The van der Waals surface area contributed by atoms with Crippen molar-refractivity contribution in [2.75, 3.05) is 18.6 Å². The Hall–Kier alpha value is -2.57. The number of anilines is 1. The fourth-order valence-corrected chi connectivity index (χ4v) is 4.02. The number of H-pyrrole nitrogens is 1. The summed E-state index contributed by atoms with van der Waals surface area (Å²) < 4.78 is 16.3. The van der Waals surface area contributed by atoms with Crippen molar-refractivity contribution >= 4 is 23.1 Å². The summed E-state index contributed by atoms with van der Waals surface area (Å²) in [6.07, 6.45) is -14.2. The molecule has 198 valence electrons. The number of nitrogens with zero attached hydrogens (tertiary/aromatic N) is 2. The van der Waals surface area contributed by atoms with Crippen molar-refractivity contribution in [2.24, 2.45) is 5.10 Å². The van der Waals surface area contributed by atoms with Crippen molar-refractivity contribution in [1.82, 2.24) is 9.97 Å². The molecule has 36 heavy (non-hydrogen) atoms. The third-order valence-corrected chi connectivity index (χ3v) is 6.03. The van der Waals surface area contributed by atoms with Crippen LogP contribution in [0.5, 0.6) is 0 Å². The Morgan fingerprint density at radius 1 is 0.972 bits per heavy atom. The number of nitrogens with one attached hydrogen (secondary N) is 2. The first-order chi connectivity index (χ1) is 17.2. The van der Waals surface area contributed by atoms with Crippen LogP contribution in [0.25, 0.3) is 11.0 Å². The van der Waals surface area contributed by atoms with Gasteiger partial charge in [-0.05, 0) is 12.1 Å². The average molecular weight is 512 g/mol. The summed E-state index contributed by atoms with van der Waals surface area (Å²) in [4.78, 5) is 19.0. The summed E-state index contributed by atoms with van der Waals surface area (Å²) in [6.45, 7) is -1.38. The minimum Gasteiger partial charge on any atom is -0.394 e. The van der Waals surface area contributed by atoms with Crippen LogP contribution in [-0.2, 0) is 14.2 Å². The molecule has 15 nitrogen and oxygen atoms in total. The summed E-state index contributed by atoms with van der Waals surface area (Å²) in [7, 11) is 0. The predicted molar refractivity (Wildman–Crippen MR) is 121 cm³/mol. The van der Waals surface area contributed by atoms with Crippen LogP contribution in [0.4, 0.5) is 5.82 Å². The van der Waals surface area contributed by atoms with E-state index in [-0.39, 0.29) is 5.82 Å². The molecular formula is C21H28N4O11. The zero-order valence-electron chi connectivity index (χ0n) is 18.7. The van der Waals surface area contributed by atoms with Crippen molar-refractivity contribution in [3.63, 3.8) is 0 Å². The van der Waals surface area contributed by atoms with Crippen LogP contribution in [0.15, 0.2) is 34.2 Å². The first-order valence-electron chi connectivity index (χ1n) is 11.1. The molecule has 0 unspecified atom stereocenters. The van der Waals surface area contributed by atoms with Crippen molar-refractivity contribution < 1.29 is 50.0 Å². The number of fused-ring (bicyclic) bond motifs is 1. The fraction of sp³-hybridized carbons (Fsp3) is 0.571. The molecule has 0 amide bonds. The highest BCUT2D eigenvalue weighted by Gasteiger charge is 2.50. The topological polar surface area (TPSA) is 239 Å². The molecule has 9 N–H and O–H groups in total. The lowest BCUT2D eigenvalue weighted by atomic mass is 9.94. The van der Waals surface area contributed by atoms with Crippen molar-refractivity contribution in [1.29, 1.82) is 0 Å². The number of ether oxygens (including phenoxy) is 3. The van der Waals surface area contributed by atoms with Crippen molar-refractivity contribution in [3.8, 4) is 0 Å². The lowest BCUT2D eigenvalue weighted by Crippen LogP contribution is -2.64. The molecule has 1 aromatic carbocycles. The average Bonchev–Trinajstić information content (AvgIpc) is 2.88. The van der Waals surface area contributed by atoms with Gasteiger partial charge in [-0.3, -0.25) is 10.2 Å². The van der Waals surface area contributed by atoms with Crippen LogP contribution >= 0.6 is 0 Å². The van der Waals surface area contributed by atoms with Gasteiger partial charge in [-0.1, -0.05) is 12.1 Å². The van der Waals surface area contributed by atoms with E-state index in [0.29, 0.717) is 11.0 Å². The molecule has 0 spiro atoms. The highest BCUT2D eigenvalue weighted by molar-refractivity contribution is 5.75. The fourth-order valence-electron chi connectivity index (χ4n) is 4.02. The van der Waals surface area contributed by atoms with E-state index in [0.717, 1.165) is 6.21 Å². The Kier molecular flexibility index (Phi) is 8.26. The number of hydrogen-bond acceptors (Lipinski definition) is 14. The molecule has 15 heteroatoms. The van der Waals surface area contributed by atoms with Crippen LogP contribution in [-0.4, -0.2) is 126 Å². The van der Waals surface area contributed by atoms with Gasteiger partial charge in [0.25, 0.3) is 5.56 Å². The van der Waals surface area contributed by atoms with Crippen molar-refractivity contribution in [3.05, 3.63) is 34.6 Å². The Balaban J connectivity index is 1.44. The van der Waals surface area contributed by atoms with E-state index in [4.69, 9.17) is 14.2 Å². The van der Waals surface area contributed by atoms with E-state index in [1.807, 2.05) is 0 Å². The van der Waals surface area contributed by atoms with Gasteiger partial charge in [0.2, 0.25) is 5.82 Å². The number of rotatable bonds is 7. The number of aromatic nitrogens is 2. The maximum absolute atomic E-state index is 12.2. The van der Waals surface area contributed by atoms with Gasteiger partial charge in [0.15, 0.2) is 6.29 Å². The maximum atomic E-state index is 12.2. The molecule has 3 heterocycles. The highest BCUT2D eigenvalue weighted by Crippen LogP contribution is 2.28. The smallest absolute Gasteiger partial charge is 0.293 e. The minimum atomic E-state index is -1.76. The number of benzene rings is 1. The molecule has 0 aliphatic carbocycles. The third kappa shape index (κ3) is 5.25. The van der Waals surface area contributed by atoms with E-state index in [2.05, 4.69) is 20.5 Å². The van der Waals surface area contributed by atoms with Crippen LogP contribution < -0.4 is 11.0 Å². The van der Waals surface area contributed by atoms with Gasteiger partial charge >= 0.3 is 0 Å². The van der Waals surface area contributed by atoms with Gasteiger partial charge in [0.05, 0.1) is 30.5 Å². The molecule has 2 saturated heterocycles. The predicted octanol–water partition coefficient (Wildman–Crippen LogP) is -4.01. The number of aliphatic hydroxyl groups is 7. The van der Waals surface area contributed by atoms with E-state index >= 15 is 0 Å². The monoisotopic (exact) mass is 512 g/mol. The lowest BCUT2D eigenvalue weighted by molar-refractivity contribution is -0.338. The van der Waals surface area contributed by atoms with Crippen LogP contribution in [0.3, 0.4) is 0 Å². The Labute approximate surface area is 203 Å². The summed E-state index contributed by atoms with van der Waals surface area (Å²) >= 11 is 0. The molecule has 2 aliphatic rings. The third-order valence-electron chi connectivity index (χ3n) is 6.03. The number of hydrazone groups is 1. The first-order valence-corrected chi connectivity index (χ1v) is 11.1. The van der Waals surface area contributed by atoms with E-state index in [1.54, 1.807) is 24.3 Å². The Morgan fingerprint density at radius 2 is 1.69 bits per heavy atom. The summed E-state index contributed by atoms with van der Waals surface area (Å²) in [5, 5.41) is 74.1. The Bertz CT molecular complexity index is 1110. The first kappa shape index (κ1) is 26.5. The standard InChI is InChI=1S/C21H28N4O11/c26-6-11-14(29)15(30)17(32)21(35-11)36-18-12(7-27)34-10(13(28)16(18)31)5-22-25-19-20(33)24-9-4-2-1-3-8(9)23-19/h1-5,10-18,21,26-32H,6-7H2,(H,23,25)(H,24,33)/b22-5+/t10-,11+,12+,13-,14+,15-,16+,17+,18+,21+/m0/s1. The molecule has 2 aliphatic heterocycles. The molecule has 0 radical (unpaired) electrons. The van der Waals surface area contributed by atoms with Crippen molar-refractivity contribution in [2.45, 2.75) is 61.2 Å². The molecule has 4 rings (SSSR count). The van der Waals surface area contributed by atoms with Gasteiger partial charge < -0.3 is 54.9 Å². The molecule has 10 atom stereocenters. The van der Waals surface area contributed by atoms with Crippen LogP contribution in [0.1, 0.15) is 0 Å². The van der Waals surface area contributed by atoms with Gasteiger partial charge in [0, 0.05) is 0 Å². The van der Waals surface area contributed by atoms with Gasteiger partial charge in [-0.15, -0.1) is 0 Å². The van der Waals surface area contributed by atoms with E-state index < -0.39 is 80.0 Å². The number of aromatic amines is 1. The highest BCUT2D eigenvalue weighted by atomic mass is 16.7. The van der Waals surface area contributed by atoms with Gasteiger partial charge in [0.1, 0.15) is 54.9 Å². The quantitative estimate of drug-likeness (QED) is 0.127. The molecule has 2 aromatic rings. The van der Waals surface area contributed by atoms with Crippen LogP contribution in [0.2, 0.25) is 0 Å². The minimum absolute atomic E-state index is 0.127. The van der Waals surface area contributed by atoms with Crippen LogP contribution in [0, 0.1) is 0 Å². The SMILES string of the molecule is O=c1[nH]c2ccccc2nc1N/N=C/[C@@H]1O[C@H](CO)[C@@H](O[C@H]2O[C@H](CO)[C@@H](O)[C@H](O)[C@H]2O)[C@H](O)[C@H]1O. The molecule has 2 fully saturated rings. The summed E-state index contributed by atoms with van der Waals surface area (Å²) in [5.74, 6) is -0.127. The Morgan fingerprint density at radius 3 is 2.42 bits per heavy atom. The second-order valence-corrected chi connectivity index (χ2v) is 8.42.